The van der Waals surface area contributed by atoms with E-state index in [1.54, 1.807) is 10.9 Å². The SMILES string of the molecule is CCn1ncc(Br)c1C(=O)c1sccc1C. The Morgan fingerprint density at radius 2 is 2.38 bits per heavy atom. The van der Waals surface area contributed by atoms with Crippen molar-refractivity contribution >= 4 is 33.0 Å². The molecule has 0 fully saturated rings. The normalized spacial score (nSPS) is 10.7. The number of carbonyl (C=O) groups is 1. The standard InChI is InChI=1S/C11H11BrN2OS/c1-3-14-9(8(12)6-13-14)10(15)11-7(2)4-5-16-11/h4-6H,3H2,1-2H3. The Hall–Kier alpha value is -0.940. The fraction of sp³-hybridized carbons (Fsp3) is 0.273. The van der Waals surface area contributed by atoms with Crippen molar-refractivity contribution in [3.05, 3.63) is 38.3 Å². The molecule has 16 heavy (non-hydrogen) atoms. The number of hydrogen-bond donors (Lipinski definition) is 0. The number of halogens is 1. The molecule has 0 aliphatic heterocycles. The first kappa shape index (κ1) is 11.5. The van der Waals surface area contributed by atoms with Crippen LogP contribution in [0, 0.1) is 6.92 Å². The first-order valence-electron chi connectivity index (χ1n) is 4.95. The van der Waals surface area contributed by atoms with E-state index in [0.29, 0.717) is 12.2 Å². The van der Waals surface area contributed by atoms with E-state index < -0.39 is 0 Å². The molecule has 0 spiro atoms. The van der Waals surface area contributed by atoms with Crippen LogP contribution in [0.15, 0.2) is 22.1 Å². The van der Waals surface area contributed by atoms with E-state index in [1.807, 2.05) is 25.3 Å². The highest BCUT2D eigenvalue weighted by atomic mass is 79.9. The van der Waals surface area contributed by atoms with Gasteiger partial charge in [-0.25, -0.2) is 0 Å². The van der Waals surface area contributed by atoms with Gasteiger partial charge in [-0.3, -0.25) is 9.48 Å². The van der Waals surface area contributed by atoms with Crippen molar-refractivity contribution in [1.29, 1.82) is 0 Å². The molecule has 0 amide bonds. The van der Waals surface area contributed by atoms with Crippen LogP contribution in [-0.2, 0) is 6.54 Å². The fourth-order valence-corrected chi connectivity index (χ4v) is 2.88. The summed E-state index contributed by atoms with van der Waals surface area (Å²) in [7, 11) is 0. The highest BCUT2D eigenvalue weighted by molar-refractivity contribution is 9.10. The van der Waals surface area contributed by atoms with Gasteiger partial charge in [-0.15, -0.1) is 11.3 Å². The minimum atomic E-state index is 0.0405. The molecule has 0 aliphatic rings. The molecule has 2 rings (SSSR count). The van der Waals surface area contributed by atoms with E-state index in [2.05, 4.69) is 21.0 Å². The summed E-state index contributed by atoms with van der Waals surface area (Å²) in [6.07, 6.45) is 1.67. The van der Waals surface area contributed by atoms with E-state index in [0.717, 1.165) is 14.9 Å². The highest BCUT2D eigenvalue weighted by Gasteiger charge is 2.20. The van der Waals surface area contributed by atoms with Gasteiger partial charge < -0.3 is 0 Å². The van der Waals surface area contributed by atoms with Crippen molar-refractivity contribution < 1.29 is 4.79 Å². The molecule has 0 bridgehead atoms. The van der Waals surface area contributed by atoms with E-state index in [-0.39, 0.29) is 5.78 Å². The molecular weight excluding hydrogens is 288 g/mol. The summed E-state index contributed by atoms with van der Waals surface area (Å²) in [4.78, 5) is 13.1. The van der Waals surface area contributed by atoms with Crippen molar-refractivity contribution in [1.82, 2.24) is 9.78 Å². The molecule has 5 heteroatoms. The number of ketones is 1. The Kier molecular flexibility index (Phi) is 3.25. The van der Waals surface area contributed by atoms with Crippen LogP contribution in [0.5, 0.6) is 0 Å². The van der Waals surface area contributed by atoms with E-state index in [4.69, 9.17) is 0 Å². The second-order valence-corrected chi connectivity index (χ2v) is 5.19. The summed E-state index contributed by atoms with van der Waals surface area (Å²) >= 11 is 4.84. The molecule has 84 valence electrons. The van der Waals surface area contributed by atoms with Crippen LogP contribution in [-0.4, -0.2) is 15.6 Å². The summed E-state index contributed by atoms with van der Waals surface area (Å²) in [6, 6.07) is 1.96. The molecule has 0 saturated carbocycles. The minimum absolute atomic E-state index is 0.0405. The Morgan fingerprint density at radius 3 is 2.94 bits per heavy atom. The first-order chi connectivity index (χ1) is 7.65. The molecule has 0 aliphatic carbocycles. The molecule has 2 aromatic heterocycles. The number of hydrogen-bond acceptors (Lipinski definition) is 3. The maximum Gasteiger partial charge on any atom is 0.222 e. The number of carbonyl (C=O) groups excluding carboxylic acids is 1. The summed E-state index contributed by atoms with van der Waals surface area (Å²) in [5, 5.41) is 6.08. The lowest BCUT2D eigenvalue weighted by atomic mass is 10.2. The van der Waals surface area contributed by atoms with Crippen molar-refractivity contribution in [2.45, 2.75) is 20.4 Å². The highest BCUT2D eigenvalue weighted by Crippen LogP contribution is 2.24. The van der Waals surface area contributed by atoms with Gasteiger partial charge in [-0.05, 0) is 46.8 Å². The average Bonchev–Trinajstić information content (AvgIpc) is 2.83. The second kappa shape index (κ2) is 4.51. The van der Waals surface area contributed by atoms with Crippen LogP contribution in [0.2, 0.25) is 0 Å². The largest absolute Gasteiger partial charge is 0.286 e. The second-order valence-electron chi connectivity index (χ2n) is 3.42. The van der Waals surface area contributed by atoms with Gasteiger partial charge in [-0.2, -0.15) is 5.10 Å². The number of rotatable bonds is 3. The van der Waals surface area contributed by atoms with E-state index >= 15 is 0 Å². The number of thiophene rings is 1. The van der Waals surface area contributed by atoms with Gasteiger partial charge in [-0.1, -0.05) is 0 Å². The van der Waals surface area contributed by atoms with Crippen LogP contribution in [0.3, 0.4) is 0 Å². The zero-order valence-electron chi connectivity index (χ0n) is 9.03. The smallest absolute Gasteiger partial charge is 0.222 e. The molecule has 0 radical (unpaired) electrons. The van der Waals surface area contributed by atoms with Crippen LogP contribution in [0.1, 0.15) is 27.9 Å². The molecule has 0 N–H and O–H groups in total. The van der Waals surface area contributed by atoms with Gasteiger partial charge in [0, 0.05) is 6.54 Å². The van der Waals surface area contributed by atoms with Gasteiger partial charge in [0.25, 0.3) is 0 Å². The molecular formula is C11H11BrN2OS. The summed E-state index contributed by atoms with van der Waals surface area (Å²) < 4.78 is 2.47. The Bertz CT molecular complexity index is 530. The van der Waals surface area contributed by atoms with Crippen molar-refractivity contribution in [2.24, 2.45) is 0 Å². The zero-order chi connectivity index (χ0) is 11.7. The molecule has 3 nitrogen and oxygen atoms in total. The van der Waals surface area contributed by atoms with Crippen LogP contribution >= 0.6 is 27.3 Å². The predicted octanol–water partition coefficient (Wildman–Crippen LogP) is 3.27. The maximum atomic E-state index is 12.3. The minimum Gasteiger partial charge on any atom is -0.286 e. The average molecular weight is 299 g/mol. The third-order valence-corrected chi connectivity index (χ3v) is 3.97. The van der Waals surface area contributed by atoms with E-state index in [1.165, 1.54) is 11.3 Å². The number of nitrogens with zero attached hydrogens (tertiary/aromatic N) is 2. The lowest BCUT2D eigenvalue weighted by molar-refractivity contribution is 0.103. The first-order valence-corrected chi connectivity index (χ1v) is 6.62. The molecule has 0 atom stereocenters. The zero-order valence-corrected chi connectivity index (χ0v) is 11.4. The summed E-state index contributed by atoms with van der Waals surface area (Å²) in [5.74, 6) is 0.0405. The Balaban J connectivity index is 2.49. The lowest BCUT2D eigenvalue weighted by Crippen LogP contribution is -2.10. The quantitative estimate of drug-likeness (QED) is 0.815. The number of aryl methyl sites for hydroxylation is 2. The van der Waals surface area contributed by atoms with Gasteiger partial charge in [0.1, 0.15) is 5.69 Å². The van der Waals surface area contributed by atoms with Gasteiger partial charge in [0.15, 0.2) is 0 Å². The van der Waals surface area contributed by atoms with Crippen molar-refractivity contribution in [3.63, 3.8) is 0 Å². The molecule has 0 saturated heterocycles. The number of aromatic nitrogens is 2. The lowest BCUT2D eigenvalue weighted by Gasteiger charge is -2.03. The summed E-state index contributed by atoms with van der Waals surface area (Å²) in [5.41, 5.74) is 1.65. The monoisotopic (exact) mass is 298 g/mol. The van der Waals surface area contributed by atoms with Crippen molar-refractivity contribution in [2.75, 3.05) is 0 Å². The molecule has 0 aromatic carbocycles. The predicted molar refractivity (Wildman–Crippen MR) is 68.1 cm³/mol. The Labute approximate surface area is 106 Å². The van der Waals surface area contributed by atoms with Gasteiger partial charge in [0.2, 0.25) is 5.78 Å². The molecule has 2 aromatic rings. The molecule has 2 heterocycles. The summed E-state index contributed by atoms with van der Waals surface area (Å²) in [6.45, 7) is 4.61. The fourth-order valence-electron chi connectivity index (χ4n) is 1.54. The van der Waals surface area contributed by atoms with Gasteiger partial charge >= 0.3 is 0 Å². The van der Waals surface area contributed by atoms with Gasteiger partial charge in [0.05, 0.1) is 15.5 Å². The third kappa shape index (κ3) is 1.85. The molecule has 0 unspecified atom stereocenters. The maximum absolute atomic E-state index is 12.3. The topological polar surface area (TPSA) is 34.9 Å². The van der Waals surface area contributed by atoms with Crippen LogP contribution in [0.4, 0.5) is 0 Å². The van der Waals surface area contributed by atoms with Crippen molar-refractivity contribution in [3.8, 4) is 0 Å². The van der Waals surface area contributed by atoms with Crippen LogP contribution in [0.25, 0.3) is 0 Å². The van der Waals surface area contributed by atoms with Crippen LogP contribution < -0.4 is 0 Å². The third-order valence-electron chi connectivity index (χ3n) is 2.38. The van der Waals surface area contributed by atoms with E-state index in [9.17, 15) is 4.79 Å². The Morgan fingerprint density at radius 1 is 1.62 bits per heavy atom.